The lowest BCUT2D eigenvalue weighted by Gasteiger charge is -2.19. The van der Waals surface area contributed by atoms with Crippen LogP contribution in [-0.4, -0.2) is 11.8 Å². The zero-order valence-corrected chi connectivity index (χ0v) is 19.7. The van der Waals surface area contributed by atoms with Crippen LogP contribution in [0.3, 0.4) is 0 Å². The van der Waals surface area contributed by atoms with Gasteiger partial charge in [-0.3, -0.25) is 9.59 Å². The first-order valence-electron chi connectivity index (χ1n) is 11.3. The number of amides is 2. The number of hydrogen-bond donors (Lipinski definition) is 2. The van der Waals surface area contributed by atoms with Crippen LogP contribution in [0.4, 0.5) is 5.69 Å². The van der Waals surface area contributed by atoms with Crippen LogP contribution in [0, 0.1) is 0 Å². The number of ether oxygens (including phenoxy) is 1. The predicted octanol–water partition coefficient (Wildman–Crippen LogP) is 6.42. The minimum Gasteiger partial charge on any atom is -0.489 e. The fraction of sp³-hybridized carbons (Fsp3) is 0.103. The Labute approximate surface area is 209 Å². The van der Waals surface area contributed by atoms with Gasteiger partial charge in [-0.05, 0) is 47.5 Å². The zero-order chi connectivity index (χ0) is 24.5. The van der Waals surface area contributed by atoms with Gasteiger partial charge in [0.05, 0.1) is 23.0 Å². The van der Waals surface area contributed by atoms with E-state index in [4.69, 9.17) is 16.3 Å². The molecule has 4 rings (SSSR count). The van der Waals surface area contributed by atoms with Crippen LogP contribution in [0.5, 0.6) is 5.75 Å². The fourth-order valence-corrected chi connectivity index (χ4v) is 3.81. The number of anilines is 1. The SMILES string of the molecule is O=C(CC(NC(=O)c1ccccc1Cl)c1ccccc1)Nc1ccc(OCc2ccccc2)cc1. The first-order valence-corrected chi connectivity index (χ1v) is 11.6. The Morgan fingerprint density at radius 1 is 0.771 bits per heavy atom. The molecule has 6 heteroatoms. The molecule has 0 radical (unpaired) electrons. The van der Waals surface area contributed by atoms with Crippen molar-refractivity contribution in [1.82, 2.24) is 5.32 Å². The van der Waals surface area contributed by atoms with Gasteiger partial charge in [-0.2, -0.15) is 0 Å². The second-order valence-electron chi connectivity index (χ2n) is 7.97. The van der Waals surface area contributed by atoms with Gasteiger partial charge in [0.1, 0.15) is 12.4 Å². The van der Waals surface area contributed by atoms with Gasteiger partial charge in [0, 0.05) is 5.69 Å². The van der Waals surface area contributed by atoms with E-state index in [0.29, 0.717) is 28.6 Å². The highest BCUT2D eigenvalue weighted by Gasteiger charge is 2.20. The van der Waals surface area contributed by atoms with Crippen molar-refractivity contribution < 1.29 is 14.3 Å². The van der Waals surface area contributed by atoms with Crippen LogP contribution >= 0.6 is 11.6 Å². The molecule has 5 nitrogen and oxygen atoms in total. The largest absolute Gasteiger partial charge is 0.489 e. The summed E-state index contributed by atoms with van der Waals surface area (Å²) < 4.78 is 5.80. The van der Waals surface area contributed by atoms with E-state index in [1.54, 1.807) is 36.4 Å². The molecule has 0 aliphatic rings. The van der Waals surface area contributed by atoms with Crippen molar-refractivity contribution in [3.63, 3.8) is 0 Å². The minimum absolute atomic E-state index is 0.0620. The molecule has 2 amide bonds. The highest BCUT2D eigenvalue weighted by Crippen LogP contribution is 2.22. The first kappa shape index (κ1) is 24.0. The molecule has 0 aliphatic carbocycles. The monoisotopic (exact) mass is 484 g/mol. The quantitative estimate of drug-likeness (QED) is 0.288. The molecule has 35 heavy (non-hydrogen) atoms. The molecule has 0 spiro atoms. The average molecular weight is 485 g/mol. The Morgan fingerprint density at radius 3 is 2.09 bits per heavy atom. The lowest BCUT2D eigenvalue weighted by atomic mass is 10.0. The van der Waals surface area contributed by atoms with Crippen LogP contribution in [0.25, 0.3) is 0 Å². The maximum atomic E-state index is 12.9. The summed E-state index contributed by atoms with van der Waals surface area (Å²) in [6, 6.07) is 32.8. The number of halogens is 1. The predicted molar refractivity (Wildman–Crippen MR) is 139 cm³/mol. The van der Waals surface area contributed by atoms with Gasteiger partial charge in [-0.25, -0.2) is 0 Å². The molecule has 176 valence electrons. The Morgan fingerprint density at radius 2 is 1.40 bits per heavy atom. The van der Waals surface area contributed by atoms with Crippen molar-refractivity contribution in [2.24, 2.45) is 0 Å². The van der Waals surface area contributed by atoms with E-state index in [2.05, 4.69) is 10.6 Å². The van der Waals surface area contributed by atoms with Gasteiger partial charge >= 0.3 is 0 Å². The Balaban J connectivity index is 1.38. The Kier molecular flexibility index (Phi) is 8.15. The number of hydrogen-bond acceptors (Lipinski definition) is 3. The molecule has 0 aromatic heterocycles. The average Bonchev–Trinajstić information content (AvgIpc) is 2.89. The molecule has 0 heterocycles. The number of benzene rings is 4. The lowest BCUT2D eigenvalue weighted by Crippen LogP contribution is -2.31. The second kappa shape index (κ2) is 11.9. The van der Waals surface area contributed by atoms with Gasteiger partial charge in [0.15, 0.2) is 0 Å². The van der Waals surface area contributed by atoms with Gasteiger partial charge in [0.25, 0.3) is 5.91 Å². The van der Waals surface area contributed by atoms with Crippen molar-refractivity contribution in [2.75, 3.05) is 5.32 Å². The first-order chi connectivity index (χ1) is 17.1. The third-order valence-corrected chi connectivity index (χ3v) is 5.73. The van der Waals surface area contributed by atoms with E-state index < -0.39 is 6.04 Å². The smallest absolute Gasteiger partial charge is 0.253 e. The van der Waals surface area contributed by atoms with Gasteiger partial charge in [-0.1, -0.05) is 84.4 Å². The van der Waals surface area contributed by atoms with E-state index >= 15 is 0 Å². The maximum absolute atomic E-state index is 12.9. The Bertz CT molecular complexity index is 1260. The van der Waals surface area contributed by atoms with Crippen LogP contribution in [0.15, 0.2) is 109 Å². The summed E-state index contributed by atoms with van der Waals surface area (Å²) in [5.74, 6) is 0.148. The summed E-state index contributed by atoms with van der Waals surface area (Å²) in [6.07, 6.45) is 0.0620. The van der Waals surface area contributed by atoms with Crippen LogP contribution in [0.1, 0.15) is 33.9 Å². The second-order valence-corrected chi connectivity index (χ2v) is 8.37. The van der Waals surface area contributed by atoms with Crippen molar-refractivity contribution in [3.8, 4) is 5.75 Å². The number of nitrogens with one attached hydrogen (secondary N) is 2. The Hall–Kier alpha value is -4.09. The lowest BCUT2D eigenvalue weighted by molar-refractivity contribution is -0.116. The van der Waals surface area contributed by atoms with E-state index in [1.165, 1.54) is 0 Å². The maximum Gasteiger partial charge on any atom is 0.253 e. The van der Waals surface area contributed by atoms with E-state index in [9.17, 15) is 9.59 Å². The summed E-state index contributed by atoms with van der Waals surface area (Å²) >= 11 is 6.18. The van der Waals surface area contributed by atoms with Crippen molar-refractivity contribution >= 4 is 29.1 Å². The van der Waals surface area contributed by atoms with E-state index in [0.717, 1.165) is 11.1 Å². The van der Waals surface area contributed by atoms with Crippen molar-refractivity contribution in [3.05, 3.63) is 131 Å². The molecule has 1 unspecified atom stereocenters. The van der Waals surface area contributed by atoms with Gasteiger partial charge < -0.3 is 15.4 Å². The zero-order valence-electron chi connectivity index (χ0n) is 19.0. The van der Waals surface area contributed by atoms with Crippen LogP contribution < -0.4 is 15.4 Å². The molecule has 0 saturated heterocycles. The summed E-state index contributed by atoms with van der Waals surface area (Å²) in [4.78, 5) is 25.7. The number of carbonyl (C=O) groups is 2. The summed E-state index contributed by atoms with van der Waals surface area (Å²) in [5, 5.41) is 6.20. The molecular formula is C29H25ClN2O3. The standard InChI is InChI=1S/C29H25ClN2O3/c30-26-14-8-7-13-25(26)29(34)32-27(22-11-5-2-6-12-22)19-28(33)31-23-15-17-24(18-16-23)35-20-21-9-3-1-4-10-21/h1-18,27H,19-20H2,(H,31,33)(H,32,34). The summed E-state index contributed by atoms with van der Waals surface area (Å²) in [6.45, 7) is 0.469. The van der Waals surface area contributed by atoms with Crippen LogP contribution in [0.2, 0.25) is 5.02 Å². The number of rotatable bonds is 9. The minimum atomic E-state index is -0.520. The summed E-state index contributed by atoms with van der Waals surface area (Å²) in [7, 11) is 0. The van der Waals surface area contributed by atoms with Crippen molar-refractivity contribution in [1.29, 1.82) is 0 Å². The van der Waals surface area contributed by atoms with Crippen LogP contribution in [-0.2, 0) is 11.4 Å². The summed E-state index contributed by atoms with van der Waals surface area (Å²) in [5.41, 5.74) is 2.91. The van der Waals surface area contributed by atoms with Gasteiger partial charge in [0.2, 0.25) is 5.91 Å². The van der Waals surface area contributed by atoms with Gasteiger partial charge in [-0.15, -0.1) is 0 Å². The third-order valence-electron chi connectivity index (χ3n) is 5.40. The van der Waals surface area contributed by atoms with Crippen molar-refractivity contribution in [2.45, 2.75) is 19.1 Å². The molecule has 0 aliphatic heterocycles. The van der Waals surface area contributed by atoms with E-state index in [-0.39, 0.29) is 18.2 Å². The molecule has 1 atom stereocenters. The number of carbonyl (C=O) groups excluding carboxylic acids is 2. The van der Waals surface area contributed by atoms with E-state index in [1.807, 2.05) is 72.8 Å². The highest BCUT2D eigenvalue weighted by atomic mass is 35.5. The molecule has 0 bridgehead atoms. The topological polar surface area (TPSA) is 67.4 Å². The highest BCUT2D eigenvalue weighted by molar-refractivity contribution is 6.33. The molecule has 2 N–H and O–H groups in total. The fourth-order valence-electron chi connectivity index (χ4n) is 3.59. The molecular weight excluding hydrogens is 460 g/mol. The molecule has 0 fully saturated rings. The third kappa shape index (κ3) is 6.95. The molecule has 4 aromatic carbocycles. The molecule has 0 saturated carbocycles. The normalized spacial score (nSPS) is 11.3. The molecule has 4 aromatic rings.